The predicted octanol–water partition coefficient (Wildman–Crippen LogP) is 6.01. The molecule has 11 heteroatoms. The molecule has 0 unspecified atom stereocenters. The van der Waals surface area contributed by atoms with Crippen molar-refractivity contribution in [3.05, 3.63) is 76.9 Å². The number of thiazole rings is 1. The molecule has 35 heavy (non-hydrogen) atoms. The van der Waals surface area contributed by atoms with Gasteiger partial charge in [-0.3, -0.25) is 14.6 Å². The van der Waals surface area contributed by atoms with E-state index in [0.29, 0.717) is 16.4 Å². The molecule has 0 fully saturated rings. The number of alkyl halides is 3. The second kappa shape index (κ2) is 11.4. The number of fused-ring (bicyclic) bond motifs is 1. The minimum atomic E-state index is -4.56. The largest absolute Gasteiger partial charge is 0.483 e. The van der Waals surface area contributed by atoms with Crippen LogP contribution in [0.3, 0.4) is 0 Å². The minimum Gasteiger partial charge on any atom is -0.483 e. The van der Waals surface area contributed by atoms with Crippen LogP contribution >= 0.6 is 11.3 Å². The summed E-state index contributed by atoms with van der Waals surface area (Å²) in [5, 5.41) is 7.49. The van der Waals surface area contributed by atoms with E-state index in [2.05, 4.69) is 20.6 Å². The number of rotatable bonds is 6. The average molecular weight is 503 g/mol. The van der Waals surface area contributed by atoms with Crippen LogP contribution in [0.15, 0.2) is 66.3 Å². The van der Waals surface area contributed by atoms with E-state index in [0.717, 1.165) is 6.07 Å². The molecule has 2 N–H and O–H groups in total. The standard InChI is InChI=1S/C22H15F3N4O3S.C2H6/c23-22(24,25)16-3-1-2-15-17(8-9-26-19(15)16)32-12-18(30)28-13-4-6-14(7-5-13)29-20(31)21-27-10-11-33-21;1-2/h1-11H,12H2,(H,28,30)(H,29,31);1-2H3. The molecule has 0 saturated heterocycles. The van der Waals surface area contributed by atoms with Crippen LogP contribution in [-0.4, -0.2) is 28.4 Å². The number of hydrogen-bond donors (Lipinski definition) is 2. The van der Waals surface area contributed by atoms with Gasteiger partial charge >= 0.3 is 6.18 Å². The summed E-state index contributed by atoms with van der Waals surface area (Å²) < 4.78 is 45.1. The van der Waals surface area contributed by atoms with E-state index in [1.54, 1.807) is 29.6 Å². The van der Waals surface area contributed by atoms with Crippen LogP contribution in [0.5, 0.6) is 5.75 Å². The summed E-state index contributed by atoms with van der Waals surface area (Å²) in [6.07, 6.45) is -1.83. The van der Waals surface area contributed by atoms with Gasteiger partial charge < -0.3 is 15.4 Å². The quantitative estimate of drug-likeness (QED) is 0.337. The van der Waals surface area contributed by atoms with Gasteiger partial charge in [0.1, 0.15) is 5.75 Å². The van der Waals surface area contributed by atoms with Gasteiger partial charge in [0.25, 0.3) is 11.8 Å². The number of para-hydroxylation sites is 1. The molecule has 2 aromatic carbocycles. The maximum absolute atomic E-state index is 13.2. The third kappa shape index (κ3) is 6.54. The average Bonchev–Trinajstić information content (AvgIpc) is 3.39. The summed E-state index contributed by atoms with van der Waals surface area (Å²) in [7, 11) is 0. The van der Waals surface area contributed by atoms with Crippen molar-refractivity contribution >= 4 is 45.4 Å². The van der Waals surface area contributed by atoms with Crippen LogP contribution in [0, 0.1) is 0 Å². The molecule has 0 bridgehead atoms. The fourth-order valence-electron chi connectivity index (χ4n) is 3.00. The molecule has 4 rings (SSSR count). The fraction of sp³-hybridized carbons (Fsp3) is 0.167. The number of amides is 2. The summed E-state index contributed by atoms with van der Waals surface area (Å²) in [6, 6.07) is 11.4. The first-order valence-electron chi connectivity index (χ1n) is 10.5. The van der Waals surface area contributed by atoms with E-state index in [1.165, 1.54) is 41.9 Å². The van der Waals surface area contributed by atoms with Crippen LogP contribution < -0.4 is 15.4 Å². The normalized spacial score (nSPS) is 10.8. The molecule has 7 nitrogen and oxygen atoms in total. The Morgan fingerprint density at radius 1 is 0.943 bits per heavy atom. The molecule has 2 aromatic heterocycles. The summed E-state index contributed by atoms with van der Waals surface area (Å²) in [4.78, 5) is 32.0. The van der Waals surface area contributed by atoms with Gasteiger partial charge in [-0.05, 0) is 42.5 Å². The highest BCUT2D eigenvalue weighted by Crippen LogP contribution is 2.36. The van der Waals surface area contributed by atoms with E-state index in [4.69, 9.17) is 4.74 Å². The molecule has 0 radical (unpaired) electrons. The molecule has 0 saturated carbocycles. The Hall–Kier alpha value is -3.99. The maximum Gasteiger partial charge on any atom is 0.418 e. The van der Waals surface area contributed by atoms with Crippen molar-refractivity contribution in [3.8, 4) is 5.75 Å². The first-order chi connectivity index (χ1) is 16.8. The number of anilines is 2. The first-order valence-corrected chi connectivity index (χ1v) is 11.4. The van der Waals surface area contributed by atoms with E-state index >= 15 is 0 Å². The van der Waals surface area contributed by atoms with Gasteiger partial charge in [0.2, 0.25) is 0 Å². The Morgan fingerprint density at radius 3 is 2.26 bits per heavy atom. The predicted molar refractivity (Wildman–Crippen MR) is 129 cm³/mol. The van der Waals surface area contributed by atoms with Crippen LogP contribution in [-0.2, 0) is 11.0 Å². The number of carbonyl (C=O) groups is 2. The lowest BCUT2D eigenvalue weighted by Crippen LogP contribution is -2.20. The number of carbonyl (C=O) groups excluding carboxylic acids is 2. The zero-order valence-corrected chi connectivity index (χ0v) is 19.5. The molecule has 0 aliphatic rings. The second-order valence-electron chi connectivity index (χ2n) is 6.71. The molecule has 2 amide bonds. The SMILES string of the molecule is CC.O=C(COc1ccnc2c(C(F)(F)F)cccc12)Nc1ccc(NC(=O)c2nccs2)cc1. The maximum atomic E-state index is 13.2. The van der Waals surface area contributed by atoms with Gasteiger partial charge in [-0.2, -0.15) is 13.2 Å². The number of ether oxygens (including phenoxy) is 1. The number of halogens is 3. The summed E-state index contributed by atoms with van der Waals surface area (Å²) in [6.45, 7) is 3.58. The fourth-order valence-corrected chi connectivity index (χ4v) is 3.53. The van der Waals surface area contributed by atoms with E-state index in [9.17, 15) is 22.8 Å². The van der Waals surface area contributed by atoms with Crippen molar-refractivity contribution in [3.63, 3.8) is 0 Å². The van der Waals surface area contributed by atoms with Crippen LogP contribution in [0.1, 0.15) is 29.2 Å². The summed E-state index contributed by atoms with van der Waals surface area (Å²) in [5.74, 6) is -0.735. The van der Waals surface area contributed by atoms with Gasteiger partial charge in [0.15, 0.2) is 11.6 Å². The highest BCUT2D eigenvalue weighted by molar-refractivity contribution is 7.11. The monoisotopic (exact) mass is 502 g/mol. The minimum absolute atomic E-state index is 0.112. The van der Waals surface area contributed by atoms with Crippen molar-refractivity contribution < 1.29 is 27.5 Å². The van der Waals surface area contributed by atoms with Crippen molar-refractivity contribution in [1.29, 1.82) is 0 Å². The zero-order valence-electron chi connectivity index (χ0n) is 18.7. The third-order valence-electron chi connectivity index (χ3n) is 4.45. The van der Waals surface area contributed by atoms with Gasteiger partial charge in [-0.25, -0.2) is 4.98 Å². The topological polar surface area (TPSA) is 93.2 Å². The molecule has 182 valence electrons. The lowest BCUT2D eigenvalue weighted by Gasteiger charge is -2.13. The van der Waals surface area contributed by atoms with Gasteiger partial charge in [-0.1, -0.05) is 19.9 Å². The van der Waals surface area contributed by atoms with Crippen LogP contribution in [0.25, 0.3) is 10.9 Å². The third-order valence-corrected chi connectivity index (χ3v) is 5.22. The highest BCUT2D eigenvalue weighted by atomic mass is 32.1. The molecule has 4 aromatic rings. The molecule has 0 atom stereocenters. The highest BCUT2D eigenvalue weighted by Gasteiger charge is 2.33. The number of nitrogens with one attached hydrogen (secondary N) is 2. The number of hydrogen-bond acceptors (Lipinski definition) is 6. The van der Waals surface area contributed by atoms with E-state index in [1.807, 2.05) is 13.8 Å². The zero-order chi connectivity index (χ0) is 25.4. The first kappa shape index (κ1) is 25.6. The molecular weight excluding hydrogens is 481 g/mol. The Morgan fingerprint density at radius 2 is 1.63 bits per heavy atom. The molecule has 2 heterocycles. The van der Waals surface area contributed by atoms with Crippen LogP contribution in [0.4, 0.5) is 24.5 Å². The summed E-state index contributed by atoms with van der Waals surface area (Å²) in [5.41, 5.74) is -0.154. The molecule has 0 aliphatic heterocycles. The Kier molecular flexibility index (Phi) is 8.37. The lowest BCUT2D eigenvalue weighted by atomic mass is 10.1. The van der Waals surface area contributed by atoms with E-state index in [-0.39, 0.29) is 22.6 Å². The van der Waals surface area contributed by atoms with Crippen molar-refractivity contribution in [2.75, 3.05) is 17.2 Å². The van der Waals surface area contributed by atoms with Crippen molar-refractivity contribution in [2.45, 2.75) is 20.0 Å². The number of benzene rings is 2. The Bertz CT molecular complexity index is 1290. The Labute approximate surface area is 203 Å². The van der Waals surface area contributed by atoms with Crippen molar-refractivity contribution in [1.82, 2.24) is 9.97 Å². The molecular formula is C24H21F3N4O3S. The summed E-state index contributed by atoms with van der Waals surface area (Å²) >= 11 is 1.21. The van der Waals surface area contributed by atoms with Gasteiger partial charge in [0.05, 0.1) is 11.1 Å². The van der Waals surface area contributed by atoms with Crippen LogP contribution in [0.2, 0.25) is 0 Å². The number of pyridine rings is 1. The van der Waals surface area contributed by atoms with Crippen molar-refractivity contribution in [2.24, 2.45) is 0 Å². The Balaban J connectivity index is 0.00000167. The lowest BCUT2D eigenvalue weighted by molar-refractivity contribution is -0.136. The molecule has 0 aliphatic carbocycles. The van der Waals surface area contributed by atoms with Gasteiger partial charge in [-0.15, -0.1) is 11.3 Å². The van der Waals surface area contributed by atoms with Gasteiger partial charge in [0, 0.05) is 34.5 Å². The second-order valence-corrected chi connectivity index (χ2v) is 7.61. The smallest absolute Gasteiger partial charge is 0.418 e. The number of aromatic nitrogens is 2. The van der Waals surface area contributed by atoms with E-state index < -0.39 is 24.3 Å². The molecule has 0 spiro atoms. The number of nitrogens with zero attached hydrogens (tertiary/aromatic N) is 2.